The van der Waals surface area contributed by atoms with Gasteiger partial charge in [0, 0.05) is 24.1 Å². The van der Waals surface area contributed by atoms with Crippen LogP contribution in [0.2, 0.25) is 5.02 Å². The van der Waals surface area contributed by atoms with E-state index in [-0.39, 0.29) is 6.54 Å². The molecule has 8 nitrogen and oxygen atoms in total. The number of piperidine rings is 1. The first-order chi connectivity index (χ1) is 16.8. The highest BCUT2D eigenvalue weighted by Crippen LogP contribution is 2.61. The summed E-state index contributed by atoms with van der Waals surface area (Å²) in [5.41, 5.74) is -3.30. The van der Waals surface area contributed by atoms with E-state index < -0.39 is 103 Å². The van der Waals surface area contributed by atoms with Crippen molar-refractivity contribution in [3.63, 3.8) is 0 Å². The summed E-state index contributed by atoms with van der Waals surface area (Å²) in [5, 5.41) is 22.1. The molecule has 1 heterocycles. The molecule has 0 spiro atoms. The van der Waals surface area contributed by atoms with Crippen molar-refractivity contribution < 1.29 is 50.2 Å². The number of carboxylic acid groups (broad SMARTS) is 2. The van der Waals surface area contributed by atoms with Crippen LogP contribution in [-0.2, 0) is 25.6 Å². The van der Waals surface area contributed by atoms with Gasteiger partial charge in [0.15, 0.2) is 9.84 Å². The van der Waals surface area contributed by atoms with E-state index in [1.807, 2.05) is 0 Å². The molecule has 0 saturated carbocycles. The van der Waals surface area contributed by atoms with Crippen molar-refractivity contribution in [1.29, 1.82) is 0 Å². The molecule has 1 saturated heterocycles. The minimum Gasteiger partial charge on any atom is -0.481 e. The van der Waals surface area contributed by atoms with Gasteiger partial charge in [-0.05, 0) is 25.0 Å². The highest BCUT2D eigenvalue weighted by Gasteiger charge is 2.70. The quantitative estimate of drug-likeness (QED) is 0.327. The number of carbonyl (C=O) groups is 2. The molecule has 210 valence electrons. The van der Waals surface area contributed by atoms with Crippen LogP contribution in [0.3, 0.4) is 0 Å². The molecule has 0 aliphatic carbocycles. The lowest BCUT2D eigenvalue weighted by atomic mass is 9.48. The number of halogens is 6. The van der Waals surface area contributed by atoms with Gasteiger partial charge in [-0.3, -0.25) is 9.59 Å². The van der Waals surface area contributed by atoms with E-state index in [0.717, 1.165) is 6.92 Å². The van der Waals surface area contributed by atoms with Gasteiger partial charge in [-0.1, -0.05) is 25.4 Å². The summed E-state index contributed by atoms with van der Waals surface area (Å²) in [7, 11) is -4.18. The summed E-state index contributed by atoms with van der Waals surface area (Å²) in [5.74, 6) is -10.8. The van der Waals surface area contributed by atoms with Crippen molar-refractivity contribution in [2.45, 2.75) is 44.9 Å². The third-order valence-corrected chi connectivity index (χ3v) is 9.30. The summed E-state index contributed by atoms with van der Waals surface area (Å²) in [6.45, 7) is 1.32. The standard InChI is InChI=1S/C22H28ClF5N2O6S/c1-10(2)21(19(33)34)14(9-37(35,36)7-6-29)30-13(8-24)20(3,18(31)32)17(21)15-12(25)5-4-11(23)16(15)22(26,27)28/h4-5,10,13-14,17,30H,6-9,29H2,1-3H3,(H,31,32)(H,33,34). The smallest absolute Gasteiger partial charge is 0.418 e. The highest BCUT2D eigenvalue weighted by atomic mass is 35.5. The minimum absolute atomic E-state index is 0.374. The Hall–Kier alpha value is -2.03. The third-order valence-electron chi connectivity index (χ3n) is 7.28. The van der Waals surface area contributed by atoms with Crippen molar-refractivity contribution in [1.82, 2.24) is 5.32 Å². The molecule has 5 N–H and O–H groups in total. The van der Waals surface area contributed by atoms with Crippen LogP contribution in [0.15, 0.2) is 12.1 Å². The number of benzene rings is 1. The topological polar surface area (TPSA) is 147 Å². The number of nitrogens with two attached hydrogens (primary N) is 1. The van der Waals surface area contributed by atoms with Crippen molar-refractivity contribution in [2.24, 2.45) is 22.5 Å². The van der Waals surface area contributed by atoms with Crippen LogP contribution in [0.5, 0.6) is 0 Å². The highest BCUT2D eigenvalue weighted by molar-refractivity contribution is 7.91. The van der Waals surface area contributed by atoms with Crippen molar-refractivity contribution in [3.05, 3.63) is 34.1 Å². The van der Waals surface area contributed by atoms with E-state index in [1.54, 1.807) is 0 Å². The van der Waals surface area contributed by atoms with E-state index in [1.165, 1.54) is 13.8 Å². The second kappa shape index (κ2) is 10.6. The van der Waals surface area contributed by atoms with Gasteiger partial charge in [0.2, 0.25) is 0 Å². The van der Waals surface area contributed by atoms with E-state index in [0.29, 0.717) is 12.1 Å². The molecule has 37 heavy (non-hydrogen) atoms. The molecule has 0 radical (unpaired) electrons. The molecular weight excluding hydrogens is 551 g/mol. The number of aliphatic carboxylic acids is 2. The molecule has 0 aromatic heterocycles. The van der Waals surface area contributed by atoms with Crippen LogP contribution < -0.4 is 11.1 Å². The lowest BCUT2D eigenvalue weighted by Gasteiger charge is -2.58. The molecular formula is C22H28ClF5N2O6S. The normalized spacial score (nSPS) is 28.9. The predicted molar refractivity (Wildman–Crippen MR) is 124 cm³/mol. The number of sulfone groups is 1. The van der Waals surface area contributed by atoms with Crippen molar-refractivity contribution >= 4 is 33.4 Å². The summed E-state index contributed by atoms with van der Waals surface area (Å²) in [4.78, 5) is 25.7. The Morgan fingerprint density at radius 3 is 2.16 bits per heavy atom. The Morgan fingerprint density at radius 2 is 1.76 bits per heavy atom. The van der Waals surface area contributed by atoms with Crippen LogP contribution >= 0.6 is 11.6 Å². The van der Waals surface area contributed by atoms with Gasteiger partial charge in [0.05, 0.1) is 39.0 Å². The first-order valence-electron chi connectivity index (χ1n) is 11.1. The van der Waals surface area contributed by atoms with Gasteiger partial charge in [-0.25, -0.2) is 17.2 Å². The summed E-state index contributed by atoms with van der Waals surface area (Å²) < 4.78 is 98.0. The molecule has 5 atom stereocenters. The summed E-state index contributed by atoms with van der Waals surface area (Å²) in [6.07, 6.45) is -5.38. The molecule has 15 heteroatoms. The number of rotatable bonds is 9. The van der Waals surface area contributed by atoms with Crippen LogP contribution in [0.1, 0.15) is 37.8 Å². The van der Waals surface area contributed by atoms with Crippen LogP contribution in [-0.4, -0.2) is 67.4 Å². The molecule has 2 rings (SSSR count). The SMILES string of the molecule is CC(C)C1(C(=O)O)C(CS(=O)(=O)CCN)NC(CF)C(C)(C(=O)O)C1c1c(F)ccc(Cl)c1C(F)(F)F. The van der Waals surface area contributed by atoms with Gasteiger partial charge >= 0.3 is 18.1 Å². The number of alkyl halides is 4. The number of carboxylic acids is 2. The van der Waals surface area contributed by atoms with E-state index in [9.17, 15) is 45.8 Å². The zero-order chi connectivity index (χ0) is 28.7. The zero-order valence-corrected chi connectivity index (χ0v) is 21.6. The fraction of sp³-hybridized carbons (Fsp3) is 0.636. The Labute approximate surface area is 215 Å². The van der Waals surface area contributed by atoms with E-state index in [4.69, 9.17) is 17.3 Å². The molecule has 1 aliphatic rings. The van der Waals surface area contributed by atoms with Crippen LogP contribution in [0.25, 0.3) is 0 Å². The van der Waals surface area contributed by atoms with E-state index >= 15 is 4.39 Å². The van der Waals surface area contributed by atoms with Gasteiger partial charge in [0.25, 0.3) is 0 Å². The van der Waals surface area contributed by atoms with Gasteiger partial charge in [-0.2, -0.15) is 13.2 Å². The molecule has 1 aromatic carbocycles. The van der Waals surface area contributed by atoms with Gasteiger partial charge in [0.1, 0.15) is 12.5 Å². The average molecular weight is 579 g/mol. The first-order valence-corrected chi connectivity index (χ1v) is 13.3. The fourth-order valence-electron chi connectivity index (χ4n) is 5.56. The van der Waals surface area contributed by atoms with Crippen molar-refractivity contribution in [2.75, 3.05) is 24.7 Å². The van der Waals surface area contributed by atoms with Gasteiger partial charge < -0.3 is 21.3 Å². The Balaban J connectivity index is 3.20. The Morgan fingerprint density at radius 1 is 1.19 bits per heavy atom. The Bertz CT molecular complexity index is 1160. The summed E-state index contributed by atoms with van der Waals surface area (Å²) in [6, 6.07) is -2.64. The number of nitrogens with one attached hydrogen (secondary N) is 1. The van der Waals surface area contributed by atoms with Gasteiger partial charge in [-0.15, -0.1) is 0 Å². The lowest BCUT2D eigenvalue weighted by molar-refractivity contribution is -0.178. The number of hydrogen-bond donors (Lipinski definition) is 4. The van der Waals surface area contributed by atoms with Crippen LogP contribution in [0.4, 0.5) is 22.0 Å². The monoisotopic (exact) mass is 578 g/mol. The fourth-order valence-corrected chi connectivity index (χ4v) is 7.24. The maximum absolute atomic E-state index is 15.4. The average Bonchev–Trinajstić information content (AvgIpc) is 2.74. The molecule has 1 aliphatic heterocycles. The second-order valence-corrected chi connectivity index (χ2v) is 12.2. The van der Waals surface area contributed by atoms with E-state index in [2.05, 4.69) is 5.32 Å². The molecule has 1 fully saturated rings. The van der Waals surface area contributed by atoms with Crippen molar-refractivity contribution in [3.8, 4) is 0 Å². The summed E-state index contributed by atoms with van der Waals surface area (Å²) >= 11 is 5.80. The molecule has 5 unspecified atom stereocenters. The molecule has 0 amide bonds. The largest absolute Gasteiger partial charge is 0.481 e. The van der Waals surface area contributed by atoms with Crippen LogP contribution in [0, 0.1) is 22.6 Å². The minimum atomic E-state index is -5.38. The predicted octanol–water partition coefficient (Wildman–Crippen LogP) is 3.08. The Kier molecular flexibility index (Phi) is 8.95. The molecule has 0 bridgehead atoms. The lowest BCUT2D eigenvalue weighted by Crippen LogP contribution is -2.73. The second-order valence-electron chi connectivity index (χ2n) is 9.56. The third kappa shape index (κ3) is 5.17. The number of hydrogen-bond acceptors (Lipinski definition) is 6. The zero-order valence-electron chi connectivity index (χ0n) is 20.1. The maximum Gasteiger partial charge on any atom is 0.418 e. The molecule has 1 aromatic rings. The maximum atomic E-state index is 15.4. The first kappa shape index (κ1) is 31.2.